The molecule has 4 nitrogen and oxygen atoms in total. The molecule has 104 valence electrons. The van der Waals surface area contributed by atoms with Crippen LogP contribution in [0.15, 0.2) is 59.7 Å². The van der Waals surface area contributed by atoms with Crippen molar-refractivity contribution in [2.75, 3.05) is 0 Å². The number of phenols is 1. The van der Waals surface area contributed by atoms with E-state index in [1.54, 1.807) is 24.3 Å². The molecule has 0 fully saturated rings. The van der Waals surface area contributed by atoms with Crippen LogP contribution in [0.4, 0.5) is 5.69 Å². The minimum absolute atomic E-state index is 0.279. The largest absolute Gasteiger partial charge is 0.507 e. The third-order valence-electron chi connectivity index (χ3n) is 3.36. The molecule has 0 bridgehead atoms. The van der Waals surface area contributed by atoms with Crippen molar-refractivity contribution in [3.05, 3.63) is 60.2 Å². The van der Waals surface area contributed by atoms with E-state index in [0.717, 1.165) is 16.3 Å². The highest BCUT2D eigenvalue weighted by molar-refractivity contribution is 5.94. The van der Waals surface area contributed by atoms with Crippen LogP contribution in [0, 0.1) is 12.5 Å². The number of benzene rings is 3. The topological polar surface area (TPSA) is 65.7 Å². The summed E-state index contributed by atoms with van der Waals surface area (Å²) < 4.78 is 5.91. The van der Waals surface area contributed by atoms with Gasteiger partial charge in [-0.1, -0.05) is 24.3 Å². The maximum atomic E-state index is 10.1. The zero-order valence-corrected chi connectivity index (χ0v) is 11.5. The van der Waals surface area contributed by atoms with Crippen LogP contribution in [0.5, 0.6) is 17.2 Å². The molecular formula is C17H14N2O2. The second-order valence-corrected chi connectivity index (χ2v) is 4.79. The number of aryl methyl sites for hydroxylation is 1. The smallest absolute Gasteiger partial charge is 0.135 e. The molecule has 0 amide bonds. The van der Waals surface area contributed by atoms with Gasteiger partial charge >= 0.3 is 0 Å². The summed E-state index contributed by atoms with van der Waals surface area (Å²) in [5.41, 5.74) is 8.29. The Kier molecular flexibility index (Phi) is 3.28. The Bertz CT molecular complexity index is 811. The molecule has 4 heteroatoms. The molecule has 21 heavy (non-hydrogen) atoms. The predicted molar refractivity (Wildman–Crippen MR) is 81.7 cm³/mol. The van der Waals surface area contributed by atoms with Gasteiger partial charge in [-0.25, -0.2) is 5.53 Å². The fourth-order valence-electron chi connectivity index (χ4n) is 2.26. The molecule has 0 aromatic heterocycles. The van der Waals surface area contributed by atoms with Crippen molar-refractivity contribution < 1.29 is 9.84 Å². The number of phenolic OH excluding ortho intramolecular Hbond substituents is 1. The highest BCUT2D eigenvalue weighted by Crippen LogP contribution is 2.37. The molecule has 3 rings (SSSR count). The van der Waals surface area contributed by atoms with E-state index >= 15 is 0 Å². The maximum absolute atomic E-state index is 10.1. The summed E-state index contributed by atoms with van der Waals surface area (Å²) in [6, 6.07) is 16.4. The minimum atomic E-state index is 0.279. The molecular weight excluding hydrogens is 264 g/mol. The molecule has 2 N–H and O–H groups in total. The number of nitrogens with one attached hydrogen (secondary N) is 1. The molecule has 0 radical (unpaired) electrons. The van der Waals surface area contributed by atoms with Gasteiger partial charge in [-0.15, -0.1) is 0 Å². The maximum Gasteiger partial charge on any atom is 0.135 e. The first kappa shape index (κ1) is 13.1. The van der Waals surface area contributed by atoms with E-state index in [9.17, 15) is 5.11 Å². The van der Waals surface area contributed by atoms with Gasteiger partial charge in [0.1, 0.15) is 17.2 Å². The summed E-state index contributed by atoms with van der Waals surface area (Å²) in [5.74, 6) is 1.63. The molecule has 3 aromatic rings. The molecule has 3 aromatic carbocycles. The van der Waals surface area contributed by atoms with Crippen LogP contribution in [0.25, 0.3) is 10.8 Å². The number of rotatable bonds is 3. The Morgan fingerprint density at radius 2 is 1.67 bits per heavy atom. The normalized spacial score (nSPS) is 10.5. The molecule has 0 spiro atoms. The molecule has 0 atom stereocenters. The lowest BCUT2D eigenvalue weighted by molar-refractivity contribution is 0.469. The number of ether oxygens (including phenoxy) is 1. The Hall–Kier alpha value is -2.88. The van der Waals surface area contributed by atoms with Crippen molar-refractivity contribution in [1.82, 2.24) is 0 Å². The van der Waals surface area contributed by atoms with E-state index in [1.807, 2.05) is 37.3 Å². The average molecular weight is 278 g/mol. The number of fused-ring (bicyclic) bond motifs is 1. The zero-order valence-electron chi connectivity index (χ0n) is 11.5. The number of nitrogens with zero attached hydrogens (tertiary/aromatic N) is 1. The molecule has 0 aliphatic carbocycles. The van der Waals surface area contributed by atoms with Crippen molar-refractivity contribution in [1.29, 1.82) is 5.53 Å². The van der Waals surface area contributed by atoms with Crippen LogP contribution in [0.3, 0.4) is 0 Å². The summed E-state index contributed by atoms with van der Waals surface area (Å²) in [4.78, 5) is 0. The second-order valence-electron chi connectivity index (χ2n) is 4.79. The van der Waals surface area contributed by atoms with E-state index in [2.05, 4.69) is 5.11 Å². The zero-order chi connectivity index (χ0) is 14.8. The summed E-state index contributed by atoms with van der Waals surface area (Å²) in [6.45, 7) is 1.84. The van der Waals surface area contributed by atoms with Crippen molar-refractivity contribution in [3.8, 4) is 17.2 Å². The van der Waals surface area contributed by atoms with Crippen LogP contribution in [-0.4, -0.2) is 5.11 Å². The van der Waals surface area contributed by atoms with Crippen LogP contribution >= 0.6 is 0 Å². The standard InChI is InChI=1S/C17H14N2O2/c1-11-10-16(14-4-2-3-5-15(14)17(11)20)21-13-8-6-12(19-18)7-9-13/h2-10,18,20H,1H3. The van der Waals surface area contributed by atoms with Crippen molar-refractivity contribution in [2.45, 2.75) is 6.92 Å². The molecule has 0 aliphatic rings. The fourth-order valence-corrected chi connectivity index (χ4v) is 2.26. The Morgan fingerprint density at radius 3 is 2.33 bits per heavy atom. The first-order chi connectivity index (χ1) is 10.2. The number of aromatic hydroxyl groups is 1. The lowest BCUT2D eigenvalue weighted by Crippen LogP contribution is -1.88. The lowest BCUT2D eigenvalue weighted by Gasteiger charge is -2.12. The molecule has 0 saturated carbocycles. The Balaban J connectivity index is 2.07. The number of hydrogen-bond acceptors (Lipinski definition) is 4. The van der Waals surface area contributed by atoms with Gasteiger partial charge in [0, 0.05) is 10.8 Å². The third-order valence-corrected chi connectivity index (χ3v) is 3.36. The number of hydrogen-bond donors (Lipinski definition) is 2. The fraction of sp³-hybridized carbons (Fsp3) is 0.0588. The SMILES string of the molecule is Cc1cc(Oc2ccc(N=N)cc2)c2ccccc2c1O. The van der Waals surface area contributed by atoms with Crippen LogP contribution in [0.1, 0.15) is 5.56 Å². The first-order valence-electron chi connectivity index (χ1n) is 6.56. The van der Waals surface area contributed by atoms with E-state index < -0.39 is 0 Å². The summed E-state index contributed by atoms with van der Waals surface area (Å²) in [6.07, 6.45) is 0. The monoisotopic (exact) mass is 278 g/mol. The van der Waals surface area contributed by atoms with Gasteiger partial charge in [0.25, 0.3) is 0 Å². The van der Waals surface area contributed by atoms with Crippen LogP contribution in [0.2, 0.25) is 0 Å². The quantitative estimate of drug-likeness (QED) is 0.638. The Labute approximate surface area is 122 Å². The van der Waals surface area contributed by atoms with E-state index in [1.165, 1.54) is 0 Å². The van der Waals surface area contributed by atoms with E-state index in [4.69, 9.17) is 10.3 Å². The summed E-state index contributed by atoms with van der Waals surface area (Å²) >= 11 is 0. The van der Waals surface area contributed by atoms with Gasteiger partial charge in [0.2, 0.25) is 0 Å². The second kappa shape index (κ2) is 5.25. The van der Waals surface area contributed by atoms with Gasteiger partial charge < -0.3 is 9.84 Å². The first-order valence-corrected chi connectivity index (χ1v) is 6.56. The Morgan fingerprint density at radius 1 is 1.00 bits per heavy atom. The highest BCUT2D eigenvalue weighted by Gasteiger charge is 2.10. The van der Waals surface area contributed by atoms with E-state index in [-0.39, 0.29) is 5.75 Å². The summed E-state index contributed by atoms with van der Waals surface area (Å²) in [7, 11) is 0. The molecule has 0 saturated heterocycles. The van der Waals surface area contributed by atoms with Gasteiger partial charge in [-0.2, -0.15) is 5.11 Å². The lowest BCUT2D eigenvalue weighted by atomic mass is 10.0. The molecule has 0 aliphatic heterocycles. The van der Waals surface area contributed by atoms with Crippen LogP contribution in [-0.2, 0) is 0 Å². The van der Waals surface area contributed by atoms with Gasteiger partial charge in [-0.3, -0.25) is 0 Å². The van der Waals surface area contributed by atoms with Gasteiger partial charge in [0.15, 0.2) is 0 Å². The minimum Gasteiger partial charge on any atom is -0.507 e. The van der Waals surface area contributed by atoms with Crippen LogP contribution < -0.4 is 4.74 Å². The molecule has 0 unspecified atom stereocenters. The predicted octanol–water partition coefficient (Wildman–Crippen LogP) is 5.31. The third kappa shape index (κ3) is 2.43. The van der Waals surface area contributed by atoms with Gasteiger partial charge in [0.05, 0.1) is 5.69 Å². The highest BCUT2D eigenvalue weighted by atomic mass is 16.5. The average Bonchev–Trinajstić information content (AvgIpc) is 2.53. The molecule has 0 heterocycles. The summed E-state index contributed by atoms with van der Waals surface area (Å²) in [5, 5.41) is 15.1. The van der Waals surface area contributed by atoms with Crippen molar-refractivity contribution in [3.63, 3.8) is 0 Å². The van der Waals surface area contributed by atoms with Crippen molar-refractivity contribution in [2.24, 2.45) is 5.11 Å². The van der Waals surface area contributed by atoms with Gasteiger partial charge in [-0.05, 0) is 42.8 Å². The van der Waals surface area contributed by atoms with E-state index in [0.29, 0.717) is 17.2 Å². The van der Waals surface area contributed by atoms with Crippen molar-refractivity contribution >= 4 is 16.5 Å².